The van der Waals surface area contributed by atoms with Crippen LogP contribution >= 0.6 is 0 Å². The van der Waals surface area contributed by atoms with Crippen molar-refractivity contribution < 1.29 is 9.97 Å². The van der Waals surface area contributed by atoms with Crippen LogP contribution in [0.1, 0.15) is 0 Å². The second-order valence-electron chi connectivity index (χ2n) is 4.87. The van der Waals surface area contributed by atoms with Crippen LogP contribution in [-0.4, -0.2) is 0 Å². The van der Waals surface area contributed by atoms with Gasteiger partial charge >= 0.3 is 0 Å². The number of aromatic nitrogens is 2. The Morgan fingerprint density at radius 2 is 0.950 bits per heavy atom. The minimum atomic E-state index is 1.15. The summed E-state index contributed by atoms with van der Waals surface area (Å²) in [6.07, 6.45) is 4.01. The summed E-state index contributed by atoms with van der Waals surface area (Å²) in [4.78, 5) is 6.60. The lowest BCUT2D eigenvalue weighted by Crippen LogP contribution is -2.05. The van der Waals surface area contributed by atoms with Crippen molar-refractivity contribution in [1.29, 1.82) is 0 Å². The first-order chi connectivity index (χ1) is 9.93. The SMILES string of the molecule is c1ccc2c(-c3cc[nH+]c4ccccc34)cc[nH+]c2c1. The predicted molar refractivity (Wildman–Crippen MR) is 80.0 cm³/mol. The molecule has 4 aromatic rings. The molecular formula is C18H14N2+2. The zero-order valence-corrected chi connectivity index (χ0v) is 10.9. The van der Waals surface area contributed by atoms with Crippen molar-refractivity contribution in [1.82, 2.24) is 0 Å². The first kappa shape index (κ1) is 11.1. The number of para-hydroxylation sites is 2. The fourth-order valence-electron chi connectivity index (χ4n) is 2.77. The molecule has 0 saturated heterocycles. The smallest absolute Gasteiger partial charge is 0.211 e. The van der Waals surface area contributed by atoms with E-state index >= 15 is 0 Å². The molecule has 94 valence electrons. The third kappa shape index (κ3) is 1.66. The summed E-state index contributed by atoms with van der Waals surface area (Å²) < 4.78 is 0. The van der Waals surface area contributed by atoms with Gasteiger partial charge in [-0.15, -0.1) is 0 Å². The van der Waals surface area contributed by atoms with Crippen LogP contribution in [0.25, 0.3) is 32.9 Å². The molecule has 2 aromatic heterocycles. The van der Waals surface area contributed by atoms with E-state index in [4.69, 9.17) is 0 Å². The maximum atomic E-state index is 3.30. The summed E-state index contributed by atoms with van der Waals surface area (Å²) in [6.45, 7) is 0. The lowest BCUT2D eigenvalue weighted by atomic mass is 9.98. The quantitative estimate of drug-likeness (QED) is 0.501. The van der Waals surface area contributed by atoms with E-state index in [9.17, 15) is 0 Å². The third-order valence-electron chi connectivity index (χ3n) is 3.70. The Hall–Kier alpha value is -2.74. The molecule has 2 heterocycles. The van der Waals surface area contributed by atoms with Crippen molar-refractivity contribution in [3.8, 4) is 11.1 Å². The molecule has 0 amide bonds. The minimum absolute atomic E-state index is 1.15. The molecule has 20 heavy (non-hydrogen) atoms. The highest BCUT2D eigenvalue weighted by molar-refractivity contribution is 6.01. The number of benzene rings is 2. The number of rotatable bonds is 1. The summed E-state index contributed by atoms with van der Waals surface area (Å²) in [5.41, 5.74) is 4.82. The van der Waals surface area contributed by atoms with Crippen molar-refractivity contribution in [2.24, 2.45) is 0 Å². The van der Waals surface area contributed by atoms with Gasteiger partial charge in [0.1, 0.15) is 0 Å². The number of pyridine rings is 2. The van der Waals surface area contributed by atoms with Gasteiger partial charge in [0.25, 0.3) is 0 Å². The van der Waals surface area contributed by atoms with Crippen LogP contribution in [-0.2, 0) is 0 Å². The molecular weight excluding hydrogens is 244 g/mol. The van der Waals surface area contributed by atoms with Gasteiger partial charge in [-0.05, 0) is 12.1 Å². The number of hydrogen-bond donors (Lipinski definition) is 0. The lowest BCUT2D eigenvalue weighted by molar-refractivity contribution is -0.345. The van der Waals surface area contributed by atoms with Gasteiger partial charge in [0, 0.05) is 35.4 Å². The number of hydrogen-bond acceptors (Lipinski definition) is 0. The summed E-state index contributed by atoms with van der Waals surface area (Å²) >= 11 is 0. The Morgan fingerprint density at radius 1 is 0.500 bits per heavy atom. The van der Waals surface area contributed by atoms with E-state index in [2.05, 4.69) is 70.6 Å². The number of H-pyrrole nitrogens is 2. The molecule has 2 aromatic carbocycles. The largest absolute Gasteiger partial charge is 0.211 e. The molecule has 0 aliphatic carbocycles. The van der Waals surface area contributed by atoms with E-state index < -0.39 is 0 Å². The molecule has 0 unspecified atom stereocenters. The van der Waals surface area contributed by atoms with Crippen LogP contribution in [0.4, 0.5) is 0 Å². The van der Waals surface area contributed by atoms with Crippen molar-refractivity contribution in [3.05, 3.63) is 73.1 Å². The molecule has 2 heteroatoms. The van der Waals surface area contributed by atoms with Crippen LogP contribution in [0.5, 0.6) is 0 Å². The average molecular weight is 258 g/mol. The van der Waals surface area contributed by atoms with Crippen molar-refractivity contribution >= 4 is 21.8 Å². The first-order valence-electron chi connectivity index (χ1n) is 6.73. The Bertz CT molecular complexity index is 825. The molecule has 0 aliphatic heterocycles. The van der Waals surface area contributed by atoms with Crippen LogP contribution in [0.3, 0.4) is 0 Å². The second kappa shape index (κ2) is 4.42. The van der Waals surface area contributed by atoms with Gasteiger partial charge < -0.3 is 0 Å². The zero-order chi connectivity index (χ0) is 13.4. The normalized spacial score (nSPS) is 11.0. The Morgan fingerprint density at radius 3 is 1.45 bits per heavy atom. The summed E-state index contributed by atoms with van der Waals surface area (Å²) in [5.74, 6) is 0. The Labute approximate surface area is 116 Å². The number of nitrogens with one attached hydrogen (secondary N) is 2. The van der Waals surface area contributed by atoms with Gasteiger partial charge in [0.05, 0.1) is 10.8 Å². The molecule has 2 nitrogen and oxygen atoms in total. The van der Waals surface area contributed by atoms with Crippen LogP contribution in [0.2, 0.25) is 0 Å². The van der Waals surface area contributed by atoms with E-state index in [1.165, 1.54) is 21.9 Å². The van der Waals surface area contributed by atoms with E-state index in [-0.39, 0.29) is 0 Å². The topological polar surface area (TPSA) is 28.3 Å². The predicted octanol–water partition coefficient (Wildman–Crippen LogP) is 3.29. The van der Waals surface area contributed by atoms with Gasteiger partial charge in [0.15, 0.2) is 12.4 Å². The van der Waals surface area contributed by atoms with Crippen LogP contribution in [0, 0.1) is 0 Å². The Balaban J connectivity index is 2.12. The van der Waals surface area contributed by atoms with Gasteiger partial charge in [0.2, 0.25) is 11.0 Å². The van der Waals surface area contributed by atoms with E-state index in [0.717, 1.165) is 11.0 Å². The van der Waals surface area contributed by atoms with E-state index in [0.29, 0.717) is 0 Å². The molecule has 0 spiro atoms. The number of fused-ring (bicyclic) bond motifs is 2. The third-order valence-corrected chi connectivity index (χ3v) is 3.70. The van der Waals surface area contributed by atoms with Gasteiger partial charge in [-0.25, -0.2) is 9.97 Å². The van der Waals surface area contributed by atoms with Gasteiger partial charge in [-0.3, -0.25) is 0 Å². The second-order valence-corrected chi connectivity index (χ2v) is 4.87. The van der Waals surface area contributed by atoms with Crippen molar-refractivity contribution in [2.75, 3.05) is 0 Å². The maximum absolute atomic E-state index is 3.30. The monoisotopic (exact) mass is 258 g/mol. The summed E-state index contributed by atoms with van der Waals surface area (Å²) in [7, 11) is 0. The molecule has 0 fully saturated rings. The molecule has 0 aliphatic rings. The van der Waals surface area contributed by atoms with E-state index in [1.54, 1.807) is 0 Å². The molecule has 0 bridgehead atoms. The van der Waals surface area contributed by atoms with Gasteiger partial charge in [-0.1, -0.05) is 24.3 Å². The first-order valence-corrected chi connectivity index (χ1v) is 6.73. The molecule has 2 N–H and O–H groups in total. The highest BCUT2D eigenvalue weighted by Crippen LogP contribution is 2.30. The molecule has 0 atom stereocenters. The fraction of sp³-hybridized carbons (Fsp3) is 0. The molecule has 4 rings (SSSR count). The summed E-state index contributed by atoms with van der Waals surface area (Å²) in [5, 5.41) is 2.48. The van der Waals surface area contributed by atoms with Gasteiger partial charge in [-0.2, -0.15) is 0 Å². The Kier molecular flexibility index (Phi) is 2.46. The zero-order valence-electron chi connectivity index (χ0n) is 10.9. The van der Waals surface area contributed by atoms with E-state index in [1.807, 2.05) is 12.4 Å². The standard InChI is InChI=1S/C18H12N2/c1-3-7-17-15(5-1)13(9-11-19-17)14-10-12-20-18-8-4-2-6-16(14)18/h1-12H/p+2. The average Bonchev–Trinajstić information content (AvgIpc) is 2.54. The fourth-order valence-corrected chi connectivity index (χ4v) is 2.77. The maximum Gasteiger partial charge on any atom is 0.211 e. The minimum Gasteiger partial charge on any atom is -0.211 e. The van der Waals surface area contributed by atoms with Crippen molar-refractivity contribution in [2.45, 2.75) is 0 Å². The molecule has 0 radical (unpaired) electrons. The number of aromatic amines is 2. The lowest BCUT2D eigenvalue weighted by Gasteiger charge is -2.04. The highest BCUT2D eigenvalue weighted by Gasteiger charge is 2.12. The van der Waals surface area contributed by atoms with Crippen LogP contribution in [0.15, 0.2) is 73.1 Å². The van der Waals surface area contributed by atoms with Crippen LogP contribution < -0.4 is 9.97 Å². The molecule has 0 saturated carbocycles. The van der Waals surface area contributed by atoms with Crippen molar-refractivity contribution in [3.63, 3.8) is 0 Å². The summed E-state index contributed by atoms with van der Waals surface area (Å²) in [6, 6.07) is 21.1. The highest BCUT2D eigenvalue weighted by atomic mass is 14.7.